The molecule has 0 aliphatic heterocycles. The van der Waals surface area contributed by atoms with Crippen molar-refractivity contribution in [3.63, 3.8) is 0 Å². The zero-order chi connectivity index (χ0) is 22.7. The Balaban J connectivity index is 1.29. The molecule has 0 saturated heterocycles. The van der Waals surface area contributed by atoms with Gasteiger partial charge in [-0.2, -0.15) is 0 Å². The van der Waals surface area contributed by atoms with Gasteiger partial charge in [0, 0.05) is 18.4 Å². The molecule has 2 aromatic rings. The van der Waals surface area contributed by atoms with Gasteiger partial charge in [0.15, 0.2) is 0 Å². The standard InChI is InChI=1S/C25H28N2O5/c1-2-16(11-12-22(28)27-25(13-14-25)23(29)30)26-24(31)32-15-21-19-9-5-3-7-17(19)18-8-4-6-10-20(18)21/h3-10,16,21H,2,11-15H2,1H3,(H,26,31)(H,27,28)(H,29,30). The summed E-state index contributed by atoms with van der Waals surface area (Å²) in [5, 5.41) is 14.6. The molecule has 7 heteroatoms. The summed E-state index contributed by atoms with van der Waals surface area (Å²) < 4.78 is 5.57. The van der Waals surface area contributed by atoms with Gasteiger partial charge in [-0.15, -0.1) is 0 Å². The number of rotatable bonds is 9. The SMILES string of the molecule is CCC(CCC(=O)NC1(C(=O)O)CC1)NC(=O)OCC1c2ccccc2-c2ccccc21. The number of nitrogens with one attached hydrogen (secondary N) is 2. The normalized spacial score (nSPS) is 16.4. The minimum absolute atomic E-state index is 0.00949. The monoisotopic (exact) mass is 436 g/mol. The van der Waals surface area contributed by atoms with Crippen LogP contribution in [0.5, 0.6) is 0 Å². The molecule has 0 heterocycles. The molecule has 1 atom stereocenters. The van der Waals surface area contributed by atoms with E-state index < -0.39 is 17.6 Å². The lowest BCUT2D eigenvalue weighted by molar-refractivity contribution is -0.143. The van der Waals surface area contributed by atoms with Crippen molar-refractivity contribution in [1.82, 2.24) is 10.6 Å². The van der Waals surface area contributed by atoms with E-state index in [2.05, 4.69) is 34.9 Å². The number of carboxylic acid groups (broad SMARTS) is 1. The van der Waals surface area contributed by atoms with Gasteiger partial charge in [0.1, 0.15) is 12.1 Å². The minimum atomic E-state index is -1.08. The number of hydrogen-bond donors (Lipinski definition) is 3. The van der Waals surface area contributed by atoms with Gasteiger partial charge >= 0.3 is 12.1 Å². The molecule has 2 aliphatic rings. The highest BCUT2D eigenvalue weighted by Gasteiger charge is 2.51. The van der Waals surface area contributed by atoms with Crippen molar-refractivity contribution < 1.29 is 24.2 Å². The number of carbonyl (C=O) groups is 3. The maximum atomic E-state index is 12.5. The lowest BCUT2D eigenvalue weighted by Crippen LogP contribution is -2.43. The molecule has 3 N–H and O–H groups in total. The summed E-state index contributed by atoms with van der Waals surface area (Å²) in [7, 11) is 0. The van der Waals surface area contributed by atoms with Crippen LogP contribution in [0.4, 0.5) is 4.79 Å². The molecule has 32 heavy (non-hydrogen) atoms. The average molecular weight is 437 g/mol. The number of ether oxygens (including phenoxy) is 1. The maximum Gasteiger partial charge on any atom is 0.407 e. The number of carboxylic acids is 1. The Morgan fingerprint density at radius 3 is 2.19 bits per heavy atom. The second kappa shape index (κ2) is 9.02. The third-order valence-corrected chi connectivity index (χ3v) is 6.42. The van der Waals surface area contributed by atoms with E-state index in [0.29, 0.717) is 25.7 Å². The largest absolute Gasteiger partial charge is 0.480 e. The van der Waals surface area contributed by atoms with Gasteiger partial charge in [-0.3, -0.25) is 4.79 Å². The summed E-state index contributed by atoms with van der Waals surface area (Å²) >= 11 is 0. The molecule has 4 rings (SSSR count). The van der Waals surface area contributed by atoms with Crippen LogP contribution in [0.15, 0.2) is 48.5 Å². The van der Waals surface area contributed by atoms with Gasteiger partial charge in [0.05, 0.1) is 0 Å². The molecule has 168 valence electrons. The van der Waals surface area contributed by atoms with E-state index in [0.717, 1.165) is 11.1 Å². The molecule has 1 saturated carbocycles. The van der Waals surface area contributed by atoms with E-state index in [-0.39, 0.29) is 30.9 Å². The van der Waals surface area contributed by atoms with Crippen LogP contribution in [0.2, 0.25) is 0 Å². The molecule has 1 fully saturated rings. The minimum Gasteiger partial charge on any atom is -0.480 e. The molecule has 7 nitrogen and oxygen atoms in total. The van der Waals surface area contributed by atoms with Crippen molar-refractivity contribution in [2.24, 2.45) is 0 Å². The third-order valence-electron chi connectivity index (χ3n) is 6.42. The van der Waals surface area contributed by atoms with E-state index >= 15 is 0 Å². The average Bonchev–Trinajstić information content (AvgIpc) is 3.51. The van der Waals surface area contributed by atoms with E-state index in [4.69, 9.17) is 4.74 Å². The maximum absolute atomic E-state index is 12.5. The van der Waals surface area contributed by atoms with E-state index in [1.54, 1.807) is 0 Å². The summed E-state index contributed by atoms with van der Waals surface area (Å²) in [6, 6.07) is 16.1. The molecule has 0 bridgehead atoms. The van der Waals surface area contributed by atoms with Crippen molar-refractivity contribution in [3.05, 3.63) is 59.7 Å². The number of amides is 2. The van der Waals surface area contributed by atoms with Gasteiger partial charge < -0.3 is 20.5 Å². The van der Waals surface area contributed by atoms with Gasteiger partial charge in [-0.25, -0.2) is 9.59 Å². The summed E-state index contributed by atoms with van der Waals surface area (Å²) in [6.45, 7) is 2.16. The Morgan fingerprint density at radius 1 is 1.06 bits per heavy atom. The molecule has 1 unspecified atom stereocenters. The number of hydrogen-bond acceptors (Lipinski definition) is 4. The molecule has 2 aromatic carbocycles. The summed E-state index contributed by atoms with van der Waals surface area (Å²) in [5.74, 6) is -1.31. The van der Waals surface area contributed by atoms with Crippen LogP contribution < -0.4 is 10.6 Å². The second-order valence-electron chi connectivity index (χ2n) is 8.55. The Morgan fingerprint density at radius 2 is 1.66 bits per heavy atom. The third kappa shape index (κ3) is 4.47. The van der Waals surface area contributed by atoms with Gasteiger partial charge in [-0.1, -0.05) is 55.5 Å². The number of aliphatic carboxylic acids is 1. The number of alkyl carbamates (subject to hydrolysis) is 1. The molecule has 0 radical (unpaired) electrons. The van der Waals surface area contributed by atoms with Crippen LogP contribution >= 0.6 is 0 Å². The molecule has 2 amide bonds. The van der Waals surface area contributed by atoms with E-state index in [1.807, 2.05) is 31.2 Å². The number of fused-ring (bicyclic) bond motifs is 3. The van der Waals surface area contributed by atoms with E-state index in [9.17, 15) is 19.5 Å². The fourth-order valence-corrected chi connectivity index (χ4v) is 4.34. The predicted molar refractivity (Wildman–Crippen MR) is 119 cm³/mol. The number of benzene rings is 2. The zero-order valence-electron chi connectivity index (χ0n) is 18.1. The Labute approximate surface area is 187 Å². The molecule has 0 aromatic heterocycles. The first kappa shape index (κ1) is 21.9. The fourth-order valence-electron chi connectivity index (χ4n) is 4.34. The van der Waals surface area contributed by atoms with Gasteiger partial charge in [0.25, 0.3) is 0 Å². The first-order valence-electron chi connectivity index (χ1n) is 11.1. The van der Waals surface area contributed by atoms with Crippen LogP contribution in [-0.2, 0) is 14.3 Å². The van der Waals surface area contributed by atoms with Crippen molar-refractivity contribution in [2.75, 3.05) is 6.61 Å². The van der Waals surface area contributed by atoms with Gasteiger partial charge in [-0.05, 0) is 47.9 Å². The summed E-state index contributed by atoms with van der Waals surface area (Å²) in [4.78, 5) is 35.8. The molecular weight excluding hydrogens is 408 g/mol. The lowest BCUT2D eigenvalue weighted by Gasteiger charge is -2.19. The molecular formula is C25H28N2O5. The topological polar surface area (TPSA) is 105 Å². The smallest absolute Gasteiger partial charge is 0.407 e. The van der Waals surface area contributed by atoms with Crippen LogP contribution in [-0.4, -0.2) is 41.3 Å². The van der Waals surface area contributed by atoms with Gasteiger partial charge in [0.2, 0.25) is 5.91 Å². The first-order chi connectivity index (χ1) is 15.4. The first-order valence-corrected chi connectivity index (χ1v) is 11.1. The zero-order valence-corrected chi connectivity index (χ0v) is 18.1. The van der Waals surface area contributed by atoms with Crippen molar-refractivity contribution in [3.8, 4) is 11.1 Å². The summed E-state index contributed by atoms with van der Waals surface area (Å²) in [6.07, 6.45) is 1.62. The van der Waals surface area contributed by atoms with Crippen LogP contribution in [0, 0.1) is 0 Å². The lowest BCUT2D eigenvalue weighted by atomic mass is 9.98. The highest BCUT2D eigenvalue weighted by atomic mass is 16.5. The molecule has 0 spiro atoms. The highest BCUT2D eigenvalue weighted by Crippen LogP contribution is 2.44. The van der Waals surface area contributed by atoms with Crippen molar-refractivity contribution in [1.29, 1.82) is 0 Å². The molecule has 2 aliphatic carbocycles. The Hall–Kier alpha value is -3.35. The summed E-state index contributed by atoms with van der Waals surface area (Å²) in [5.41, 5.74) is 3.56. The van der Waals surface area contributed by atoms with Crippen LogP contribution in [0.3, 0.4) is 0 Å². The van der Waals surface area contributed by atoms with Crippen molar-refractivity contribution in [2.45, 2.75) is 56.5 Å². The van der Waals surface area contributed by atoms with Crippen molar-refractivity contribution >= 4 is 18.0 Å². The fraction of sp³-hybridized carbons (Fsp3) is 0.400. The Bertz CT molecular complexity index is 985. The quantitative estimate of drug-likeness (QED) is 0.554. The van der Waals surface area contributed by atoms with Crippen LogP contribution in [0.25, 0.3) is 11.1 Å². The highest BCUT2D eigenvalue weighted by molar-refractivity contribution is 5.89. The second-order valence-corrected chi connectivity index (χ2v) is 8.55. The Kier molecular flexibility index (Phi) is 6.17. The number of carbonyl (C=O) groups excluding carboxylic acids is 2. The predicted octanol–water partition coefficient (Wildman–Crippen LogP) is 3.82. The van der Waals surface area contributed by atoms with Crippen LogP contribution in [0.1, 0.15) is 56.1 Å². The van der Waals surface area contributed by atoms with E-state index in [1.165, 1.54) is 11.1 Å².